The summed E-state index contributed by atoms with van der Waals surface area (Å²) >= 11 is 9.04. The van der Waals surface area contributed by atoms with E-state index >= 15 is 0 Å². The standard InChI is InChI=1S/C15H9BrClFN2O/c16-11-3-1-2-10(13(11)18)14-12(15(19)21-20-14)8-4-6-9(17)7-5-8/h1-7H,19H2. The van der Waals surface area contributed by atoms with Gasteiger partial charge in [-0.05, 0) is 45.8 Å². The Hall–Kier alpha value is -1.85. The first-order valence-corrected chi connectivity index (χ1v) is 7.20. The van der Waals surface area contributed by atoms with Crippen LogP contribution in [0.5, 0.6) is 0 Å². The average molecular weight is 368 g/mol. The van der Waals surface area contributed by atoms with Gasteiger partial charge in [-0.1, -0.05) is 35.0 Å². The van der Waals surface area contributed by atoms with E-state index in [4.69, 9.17) is 21.9 Å². The Balaban J connectivity index is 2.22. The molecule has 0 aliphatic rings. The monoisotopic (exact) mass is 366 g/mol. The minimum absolute atomic E-state index is 0.131. The van der Waals surface area contributed by atoms with Crippen LogP contribution in [-0.2, 0) is 0 Å². The van der Waals surface area contributed by atoms with Gasteiger partial charge in [0.15, 0.2) is 0 Å². The first-order valence-electron chi connectivity index (χ1n) is 6.03. The molecule has 0 bridgehead atoms. The van der Waals surface area contributed by atoms with Gasteiger partial charge in [-0.2, -0.15) is 0 Å². The topological polar surface area (TPSA) is 52.0 Å². The molecule has 0 fully saturated rings. The van der Waals surface area contributed by atoms with Gasteiger partial charge in [-0.25, -0.2) is 4.39 Å². The molecule has 6 heteroatoms. The van der Waals surface area contributed by atoms with Gasteiger partial charge in [0.2, 0.25) is 5.88 Å². The van der Waals surface area contributed by atoms with Gasteiger partial charge in [-0.15, -0.1) is 0 Å². The van der Waals surface area contributed by atoms with E-state index in [1.165, 1.54) is 0 Å². The van der Waals surface area contributed by atoms with Crippen LogP contribution in [0.25, 0.3) is 22.4 Å². The molecule has 3 rings (SSSR count). The number of hydrogen-bond acceptors (Lipinski definition) is 3. The second-order valence-corrected chi connectivity index (χ2v) is 5.67. The van der Waals surface area contributed by atoms with Gasteiger partial charge in [0.05, 0.1) is 10.0 Å². The highest BCUT2D eigenvalue weighted by molar-refractivity contribution is 9.10. The van der Waals surface area contributed by atoms with Gasteiger partial charge < -0.3 is 10.3 Å². The van der Waals surface area contributed by atoms with Crippen molar-refractivity contribution in [2.45, 2.75) is 0 Å². The SMILES string of the molecule is Nc1onc(-c2cccc(Br)c2F)c1-c1ccc(Cl)cc1. The number of benzene rings is 2. The van der Waals surface area contributed by atoms with Gasteiger partial charge in [0, 0.05) is 10.6 Å². The summed E-state index contributed by atoms with van der Waals surface area (Å²) in [6.45, 7) is 0. The molecule has 1 aromatic heterocycles. The van der Waals surface area contributed by atoms with Crippen LogP contribution in [0.4, 0.5) is 10.3 Å². The molecule has 21 heavy (non-hydrogen) atoms. The minimum Gasteiger partial charge on any atom is -0.367 e. The molecule has 1 heterocycles. The summed E-state index contributed by atoms with van der Waals surface area (Å²) in [6, 6.07) is 12.0. The van der Waals surface area contributed by atoms with Crippen LogP contribution in [-0.4, -0.2) is 5.16 Å². The highest BCUT2D eigenvalue weighted by Gasteiger charge is 2.20. The molecule has 0 radical (unpaired) electrons. The Morgan fingerprint density at radius 2 is 1.86 bits per heavy atom. The van der Waals surface area contributed by atoms with Crippen molar-refractivity contribution in [3.63, 3.8) is 0 Å². The Kier molecular flexibility index (Phi) is 3.69. The van der Waals surface area contributed by atoms with Crippen molar-refractivity contribution in [2.75, 3.05) is 5.73 Å². The molecule has 3 aromatic rings. The van der Waals surface area contributed by atoms with Crippen LogP contribution in [0.2, 0.25) is 5.02 Å². The summed E-state index contributed by atoms with van der Waals surface area (Å²) in [5.41, 5.74) is 7.81. The van der Waals surface area contributed by atoms with Crippen LogP contribution >= 0.6 is 27.5 Å². The second kappa shape index (κ2) is 5.50. The molecule has 0 amide bonds. The van der Waals surface area contributed by atoms with E-state index < -0.39 is 5.82 Å². The molecule has 0 saturated carbocycles. The summed E-state index contributed by atoms with van der Waals surface area (Å²) in [4.78, 5) is 0. The lowest BCUT2D eigenvalue weighted by Crippen LogP contribution is -1.90. The lowest BCUT2D eigenvalue weighted by atomic mass is 10.0. The van der Waals surface area contributed by atoms with Crippen molar-refractivity contribution >= 4 is 33.4 Å². The largest absolute Gasteiger partial charge is 0.367 e. The average Bonchev–Trinajstić information content (AvgIpc) is 2.85. The number of aromatic nitrogens is 1. The van der Waals surface area contributed by atoms with E-state index in [0.717, 1.165) is 5.56 Å². The van der Waals surface area contributed by atoms with Gasteiger partial charge in [0.25, 0.3) is 0 Å². The Morgan fingerprint density at radius 1 is 1.14 bits per heavy atom. The molecular weight excluding hydrogens is 359 g/mol. The maximum absolute atomic E-state index is 14.3. The molecule has 0 spiro atoms. The van der Waals surface area contributed by atoms with Gasteiger partial charge >= 0.3 is 0 Å². The molecule has 106 valence electrons. The maximum Gasteiger partial charge on any atom is 0.230 e. The number of nitrogens with two attached hydrogens (primary N) is 1. The molecule has 0 aliphatic carbocycles. The van der Waals surface area contributed by atoms with Crippen LogP contribution in [0.15, 0.2) is 51.5 Å². The third kappa shape index (κ3) is 2.54. The van der Waals surface area contributed by atoms with Crippen molar-refractivity contribution in [1.29, 1.82) is 0 Å². The first-order chi connectivity index (χ1) is 10.1. The Bertz CT molecular complexity index is 802. The van der Waals surface area contributed by atoms with Crippen molar-refractivity contribution in [3.05, 3.63) is 57.8 Å². The zero-order valence-corrected chi connectivity index (χ0v) is 13.0. The molecule has 0 atom stereocenters. The van der Waals surface area contributed by atoms with E-state index in [0.29, 0.717) is 26.3 Å². The van der Waals surface area contributed by atoms with Crippen molar-refractivity contribution < 1.29 is 8.91 Å². The summed E-state index contributed by atoms with van der Waals surface area (Å²) in [5, 5.41) is 4.49. The van der Waals surface area contributed by atoms with Crippen LogP contribution in [0, 0.1) is 5.82 Å². The fourth-order valence-electron chi connectivity index (χ4n) is 2.07. The zero-order valence-electron chi connectivity index (χ0n) is 10.6. The highest BCUT2D eigenvalue weighted by atomic mass is 79.9. The highest BCUT2D eigenvalue weighted by Crippen LogP contribution is 2.38. The molecule has 0 saturated heterocycles. The second-order valence-electron chi connectivity index (χ2n) is 4.38. The van der Waals surface area contributed by atoms with E-state index in [1.54, 1.807) is 42.5 Å². The molecule has 3 nitrogen and oxygen atoms in total. The Labute approximate surface area is 133 Å². The van der Waals surface area contributed by atoms with Crippen LogP contribution in [0.1, 0.15) is 0 Å². The number of hydrogen-bond donors (Lipinski definition) is 1. The normalized spacial score (nSPS) is 10.8. The number of nitrogen functional groups attached to an aromatic ring is 1. The summed E-state index contributed by atoms with van der Waals surface area (Å²) in [6.07, 6.45) is 0. The number of anilines is 1. The lowest BCUT2D eigenvalue weighted by Gasteiger charge is -2.05. The van der Waals surface area contributed by atoms with Crippen molar-refractivity contribution in [2.24, 2.45) is 0 Å². The zero-order chi connectivity index (χ0) is 15.0. The summed E-state index contributed by atoms with van der Waals surface area (Å²) in [7, 11) is 0. The van der Waals surface area contributed by atoms with E-state index in [9.17, 15) is 4.39 Å². The van der Waals surface area contributed by atoms with Crippen molar-refractivity contribution in [3.8, 4) is 22.4 Å². The van der Waals surface area contributed by atoms with Crippen LogP contribution < -0.4 is 5.73 Å². The number of rotatable bonds is 2. The maximum atomic E-state index is 14.3. The van der Waals surface area contributed by atoms with E-state index in [-0.39, 0.29) is 5.88 Å². The molecule has 0 unspecified atom stereocenters. The third-order valence-corrected chi connectivity index (χ3v) is 3.92. The fourth-order valence-corrected chi connectivity index (χ4v) is 2.56. The van der Waals surface area contributed by atoms with Crippen LogP contribution in [0.3, 0.4) is 0 Å². The van der Waals surface area contributed by atoms with Gasteiger partial charge in [-0.3, -0.25) is 0 Å². The van der Waals surface area contributed by atoms with E-state index in [1.807, 2.05) is 0 Å². The number of nitrogens with zero attached hydrogens (tertiary/aromatic N) is 1. The van der Waals surface area contributed by atoms with Gasteiger partial charge in [0.1, 0.15) is 11.5 Å². The predicted octanol–water partition coefficient (Wildman–Crippen LogP) is 5.15. The molecular formula is C15H9BrClFN2O. The van der Waals surface area contributed by atoms with Crippen molar-refractivity contribution in [1.82, 2.24) is 5.16 Å². The fraction of sp³-hybridized carbons (Fsp3) is 0. The summed E-state index contributed by atoms with van der Waals surface area (Å²) < 4.78 is 19.7. The quantitative estimate of drug-likeness (QED) is 0.682. The number of halogens is 3. The predicted molar refractivity (Wildman–Crippen MR) is 84.5 cm³/mol. The molecule has 0 aliphatic heterocycles. The summed E-state index contributed by atoms with van der Waals surface area (Å²) in [5.74, 6) is -0.285. The third-order valence-electron chi connectivity index (χ3n) is 3.06. The lowest BCUT2D eigenvalue weighted by molar-refractivity contribution is 0.439. The van der Waals surface area contributed by atoms with E-state index in [2.05, 4.69) is 21.1 Å². The minimum atomic E-state index is -0.416. The first kappa shape index (κ1) is 14.1. The smallest absolute Gasteiger partial charge is 0.230 e. The Morgan fingerprint density at radius 3 is 2.57 bits per heavy atom. The molecule has 2 aromatic carbocycles. The molecule has 2 N–H and O–H groups in total.